The van der Waals surface area contributed by atoms with E-state index >= 15 is 0 Å². The standard InChI is InChI=1S/C6H15BrO2Si/c1-4-6-9-10(3,7)8-5-2/h4-6H2,1-3H3. The number of halogens is 1. The zero-order valence-corrected chi connectivity index (χ0v) is 9.40. The van der Waals surface area contributed by atoms with Crippen LogP contribution in [0, 0.1) is 0 Å². The van der Waals surface area contributed by atoms with Crippen molar-refractivity contribution in [1.29, 1.82) is 0 Å². The van der Waals surface area contributed by atoms with Crippen LogP contribution < -0.4 is 0 Å². The van der Waals surface area contributed by atoms with Gasteiger partial charge in [-0.05, 0) is 19.9 Å². The van der Waals surface area contributed by atoms with Gasteiger partial charge in [0.25, 0.3) is 0 Å². The lowest BCUT2D eigenvalue weighted by atomic mass is 10.5. The highest BCUT2D eigenvalue weighted by molar-refractivity contribution is 9.25. The molecule has 0 amide bonds. The van der Waals surface area contributed by atoms with Crippen LogP contribution in [0.2, 0.25) is 6.55 Å². The van der Waals surface area contributed by atoms with Gasteiger partial charge in [-0.1, -0.05) is 22.2 Å². The molecule has 62 valence electrons. The van der Waals surface area contributed by atoms with E-state index in [2.05, 4.69) is 22.2 Å². The molecule has 0 aromatic heterocycles. The summed E-state index contributed by atoms with van der Waals surface area (Å²) in [4.78, 5) is 0. The molecule has 0 radical (unpaired) electrons. The molecule has 0 heterocycles. The predicted octanol–water partition coefficient (Wildman–Crippen LogP) is 2.41. The topological polar surface area (TPSA) is 18.5 Å². The number of hydrogen-bond donors (Lipinski definition) is 0. The van der Waals surface area contributed by atoms with Crippen LogP contribution >= 0.6 is 15.3 Å². The van der Waals surface area contributed by atoms with Crippen LogP contribution in [0.5, 0.6) is 0 Å². The monoisotopic (exact) mass is 226 g/mol. The van der Waals surface area contributed by atoms with E-state index in [1.807, 2.05) is 13.5 Å². The molecule has 0 spiro atoms. The van der Waals surface area contributed by atoms with Crippen LogP contribution in [-0.2, 0) is 8.85 Å². The highest BCUT2D eigenvalue weighted by Crippen LogP contribution is 2.14. The van der Waals surface area contributed by atoms with Crippen molar-refractivity contribution in [3.8, 4) is 0 Å². The molecule has 1 atom stereocenters. The first-order valence-corrected chi connectivity index (χ1v) is 8.16. The first-order valence-electron chi connectivity index (χ1n) is 3.59. The Hall–Kier alpha value is 0.617. The molecule has 0 aromatic rings. The molecule has 10 heavy (non-hydrogen) atoms. The van der Waals surface area contributed by atoms with Gasteiger partial charge in [0, 0.05) is 13.2 Å². The van der Waals surface area contributed by atoms with Crippen molar-refractivity contribution < 1.29 is 8.85 Å². The van der Waals surface area contributed by atoms with Crippen molar-refractivity contribution >= 4 is 22.5 Å². The quantitative estimate of drug-likeness (QED) is 0.530. The minimum atomic E-state index is -1.91. The fourth-order valence-corrected chi connectivity index (χ4v) is 2.92. The fourth-order valence-electron chi connectivity index (χ4n) is 0.584. The lowest BCUT2D eigenvalue weighted by molar-refractivity contribution is 0.204. The molecule has 4 heteroatoms. The van der Waals surface area contributed by atoms with Gasteiger partial charge in [0.05, 0.1) is 0 Å². The maximum atomic E-state index is 5.45. The third-order valence-electron chi connectivity index (χ3n) is 0.966. The maximum absolute atomic E-state index is 5.45. The molecule has 0 aliphatic rings. The SMILES string of the molecule is CCCO[Si](C)(Br)OCC. The Morgan fingerprint density at radius 1 is 1.30 bits per heavy atom. The van der Waals surface area contributed by atoms with E-state index in [1.54, 1.807) is 0 Å². The third kappa shape index (κ3) is 5.41. The zero-order chi connectivity index (χ0) is 8.04. The van der Waals surface area contributed by atoms with E-state index in [0.29, 0.717) is 0 Å². The Morgan fingerprint density at radius 3 is 2.30 bits per heavy atom. The van der Waals surface area contributed by atoms with Crippen molar-refractivity contribution in [3.05, 3.63) is 0 Å². The Labute approximate surface area is 71.7 Å². The van der Waals surface area contributed by atoms with Crippen LogP contribution in [0.3, 0.4) is 0 Å². The van der Waals surface area contributed by atoms with E-state index in [9.17, 15) is 0 Å². The van der Waals surface area contributed by atoms with Crippen LogP contribution in [0.4, 0.5) is 0 Å². The van der Waals surface area contributed by atoms with Gasteiger partial charge in [-0.2, -0.15) is 0 Å². The van der Waals surface area contributed by atoms with Crippen LogP contribution in [0.15, 0.2) is 0 Å². The fraction of sp³-hybridized carbons (Fsp3) is 1.00. The first-order chi connectivity index (χ1) is 4.62. The molecule has 0 aliphatic heterocycles. The average molecular weight is 227 g/mol. The average Bonchev–Trinajstić information content (AvgIpc) is 1.84. The molecule has 0 bridgehead atoms. The van der Waals surface area contributed by atoms with Gasteiger partial charge < -0.3 is 8.85 Å². The lowest BCUT2D eigenvalue weighted by Crippen LogP contribution is -2.31. The predicted molar refractivity (Wildman–Crippen MR) is 48.4 cm³/mol. The number of hydrogen-bond acceptors (Lipinski definition) is 2. The molecule has 2 nitrogen and oxygen atoms in total. The van der Waals surface area contributed by atoms with Crippen LogP contribution in [0.25, 0.3) is 0 Å². The summed E-state index contributed by atoms with van der Waals surface area (Å²) in [6.07, 6.45) is 1.04. The molecular weight excluding hydrogens is 212 g/mol. The highest BCUT2D eigenvalue weighted by Gasteiger charge is 2.26. The lowest BCUT2D eigenvalue weighted by Gasteiger charge is -2.18. The van der Waals surface area contributed by atoms with E-state index in [4.69, 9.17) is 8.85 Å². The van der Waals surface area contributed by atoms with Crippen molar-refractivity contribution in [2.45, 2.75) is 26.8 Å². The highest BCUT2D eigenvalue weighted by atomic mass is 79.9. The molecule has 0 saturated heterocycles. The van der Waals surface area contributed by atoms with E-state index in [0.717, 1.165) is 19.6 Å². The summed E-state index contributed by atoms with van der Waals surface area (Å²) in [7, 11) is -1.91. The van der Waals surface area contributed by atoms with Crippen molar-refractivity contribution in [1.82, 2.24) is 0 Å². The zero-order valence-electron chi connectivity index (χ0n) is 6.82. The van der Waals surface area contributed by atoms with Crippen molar-refractivity contribution in [2.75, 3.05) is 13.2 Å². The number of rotatable bonds is 5. The van der Waals surface area contributed by atoms with Gasteiger partial charge in [-0.25, -0.2) is 0 Å². The summed E-state index contributed by atoms with van der Waals surface area (Å²) in [5.41, 5.74) is 0. The van der Waals surface area contributed by atoms with E-state index in [-0.39, 0.29) is 0 Å². The summed E-state index contributed by atoms with van der Waals surface area (Å²) in [5.74, 6) is 0. The first kappa shape index (κ1) is 10.6. The van der Waals surface area contributed by atoms with Crippen LogP contribution in [0.1, 0.15) is 20.3 Å². The molecule has 0 N–H and O–H groups in total. The van der Waals surface area contributed by atoms with Crippen molar-refractivity contribution in [2.24, 2.45) is 0 Å². The summed E-state index contributed by atoms with van der Waals surface area (Å²) in [6.45, 7) is 7.56. The second kappa shape index (κ2) is 5.29. The minimum absolute atomic E-state index is 0.720. The second-order valence-corrected chi connectivity index (χ2v) is 8.68. The Bertz CT molecular complexity index is 87.8. The second-order valence-electron chi connectivity index (χ2n) is 2.12. The molecule has 1 unspecified atom stereocenters. The Balaban J connectivity index is 3.42. The third-order valence-corrected chi connectivity index (χ3v) is 3.86. The normalized spacial score (nSPS) is 16.8. The molecule has 0 rings (SSSR count). The van der Waals surface area contributed by atoms with Crippen molar-refractivity contribution in [3.63, 3.8) is 0 Å². The largest absolute Gasteiger partial charge is 0.411 e. The molecule has 0 aromatic carbocycles. The minimum Gasteiger partial charge on any atom is -0.387 e. The summed E-state index contributed by atoms with van der Waals surface area (Å²) in [6, 6.07) is 0. The molecule has 0 aliphatic carbocycles. The van der Waals surface area contributed by atoms with E-state index in [1.165, 1.54) is 0 Å². The van der Waals surface area contributed by atoms with Crippen LogP contribution in [-0.4, -0.2) is 20.4 Å². The van der Waals surface area contributed by atoms with Gasteiger partial charge in [0.2, 0.25) is 0 Å². The van der Waals surface area contributed by atoms with Gasteiger partial charge in [-0.3, -0.25) is 0 Å². The molecule has 0 saturated carbocycles. The Kier molecular flexibility index (Phi) is 5.62. The smallest absolute Gasteiger partial charge is 0.387 e. The molecular formula is C6H15BrO2Si. The summed E-state index contributed by atoms with van der Waals surface area (Å²) < 4.78 is 10.8. The maximum Gasteiger partial charge on any atom is 0.411 e. The van der Waals surface area contributed by atoms with Gasteiger partial charge in [0.1, 0.15) is 0 Å². The van der Waals surface area contributed by atoms with Gasteiger partial charge in [-0.15, -0.1) is 0 Å². The Morgan fingerprint density at radius 2 is 1.90 bits per heavy atom. The van der Waals surface area contributed by atoms with E-state index < -0.39 is 7.18 Å². The summed E-state index contributed by atoms with van der Waals surface area (Å²) >= 11 is 3.44. The summed E-state index contributed by atoms with van der Waals surface area (Å²) in [5, 5.41) is 0. The van der Waals surface area contributed by atoms with Gasteiger partial charge >= 0.3 is 7.18 Å². The van der Waals surface area contributed by atoms with Gasteiger partial charge in [0.15, 0.2) is 0 Å². The molecule has 0 fully saturated rings.